The van der Waals surface area contributed by atoms with Gasteiger partial charge in [0.15, 0.2) is 0 Å². The normalized spacial score (nSPS) is 3.43. The highest BCUT2D eigenvalue weighted by molar-refractivity contribution is 5.33. The number of nitrogens with zero attached hydrogens (tertiary/aromatic N) is 1. The van der Waals surface area contributed by atoms with Gasteiger partial charge in [0.1, 0.15) is 6.01 Å². The Kier molecular flexibility index (Phi) is 30.9. The van der Waals surface area contributed by atoms with E-state index in [0.29, 0.717) is 0 Å². The molecule has 0 aromatic heterocycles. The van der Waals surface area contributed by atoms with Crippen molar-refractivity contribution < 1.29 is 10.0 Å². The summed E-state index contributed by atoms with van der Waals surface area (Å²) >= 11 is 0. The number of rotatable bonds is 0. The van der Waals surface area contributed by atoms with Gasteiger partial charge < -0.3 is 5.21 Å². The third-order valence-electron chi connectivity index (χ3n) is 0.0500. The van der Waals surface area contributed by atoms with E-state index in [1.807, 2.05) is 0 Å². The Balaban J connectivity index is 0. The minimum atomic E-state index is 0.750. The van der Waals surface area contributed by atoms with E-state index in [1.165, 1.54) is 6.01 Å². The maximum Gasteiger partial charge on any atom is 0.231 e. The summed E-state index contributed by atoms with van der Waals surface area (Å²) < 4.78 is 0. The maximum absolute atomic E-state index is 8.35. The zero-order chi connectivity index (χ0) is 6.12. The monoisotopic (exact) mass is 101 g/mol. The molecule has 0 unspecified atom stereocenters. The quantitative estimate of drug-likeness (QED) is 0.173. The minimum Gasteiger partial charge on any atom is -0.403 e. The second-order valence-corrected chi connectivity index (χ2v) is 0.314. The van der Waals surface area contributed by atoms with Crippen LogP contribution in [-0.4, -0.2) is 17.3 Å². The van der Waals surface area contributed by atoms with E-state index in [1.54, 1.807) is 0 Å². The number of isocyanates is 1. The smallest absolute Gasteiger partial charge is 0.231 e. The molecule has 0 atom stereocenters. The van der Waals surface area contributed by atoms with Crippen LogP contribution in [0.4, 0.5) is 0 Å². The van der Waals surface area contributed by atoms with Gasteiger partial charge in [-0.2, -0.15) is 0 Å². The molecule has 0 bridgehead atoms. The Morgan fingerprint density at radius 2 is 1.71 bits per heavy atom. The lowest BCUT2D eigenvalue weighted by atomic mass is 11.6. The zero-order valence-electron chi connectivity index (χ0n) is 3.30. The molecule has 0 aliphatic rings. The van der Waals surface area contributed by atoms with Crippen molar-refractivity contribution in [2.45, 2.75) is 0 Å². The molecule has 0 aliphatic heterocycles. The number of hydrogen-bond acceptors (Lipinski definition) is 5. The van der Waals surface area contributed by atoms with Crippen LogP contribution >= 0.6 is 0 Å². The molecule has 0 saturated carbocycles. The molecule has 5 nitrogen and oxygen atoms in total. The van der Waals surface area contributed by atoms with E-state index in [-0.39, 0.29) is 0 Å². The lowest BCUT2D eigenvalue weighted by molar-refractivity contribution is 0.322. The molecule has 7 heavy (non-hydrogen) atoms. The molecule has 5 heteroatoms. The fourth-order valence-corrected chi connectivity index (χ4v) is 0. The van der Waals surface area contributed by atoms with Gasteiger partial charge in [0.25, 0.3) is 0 Å². The Morgan fingerprint density at radius 3 is 1.71 bits per heavy atom. The summed E-state index contributed by atoms with van der Waals surface area (Å²) in [6.45, 7) is 0. The average molecular weight is 101 g/mol. The molecule has 0 fully saturated rings. The Bertz CT molecular complexity index is 97.5. The van der Waals surface area contributed by atoms with Crippen molar-refractivity contribution in [2.75, 3.05) is 0 Å². The molecule has 0 radical (unpaired) electrons. The summed E-state index contributed by atoms with van der Waals surface area (Å²) in [5.41, 5.74) is 0. The Labute approximate surface area is 39.3 Å². The first-order chi connectivity index (χ1) is 3.33. The molecule has 0 saturated heterocycles. The third-order valence-corrected chi connectivity index (χ3v) is 0.0500. The van der Waals surface area contributed by atoms with Gasteiger partial charge in [0, 0.05) is 0 Å². The predicted molar refractivity (Wildman–Crippen MR) is 20.4 cm³/mol. The molecule has 0 aromatic carbocycles. The predicted octanol–water partition coefficient (Wildman–Crippen LogP) is 0.0292. The first kappa shape index (κ1) is 9.12. The first-order valence-electron chi connectivity index (χ1n) is 1.13. The summed E-state index contributed by atoms with van der Waals surface area (Å²) in [6, 6.07) is 1.36. The SMILES string of the molecule is N=C=NO.N=C=O. The number of nitrogens with one attached hydrogen (secondary N) is 2. The largest absolute Gasteiger partial charge is 0.403 e. The highest BCUT2D eigenvalue weighted by Gasteiger charge is 1.24. The first-order valence-corrected chi connectivity index (χ1v) is 1.13. The fraction of sp³-hybridized carbons (Fsp3) is 0. The van der Waals surface area contributed by atoms with Crippen LogP contribution in [0.15, 0.2) is 5.16 Å². The fourth-order valence-electron chi connectivity index (χ4n) is 0. The van der Waals surface area contributed by atoms with Crippen LogP contribution in [0, 0.1) is 10.8 Å². The van der Waals surface area contributed by atoms with Gasteiger partial charge in [-0.1, -0.05) is 0 Å². The average Bonchev–Trinajstić information content (AvgIpc) is 1.69. The second kappa shape index (κ2) is 23.7. The molecule has 0 rings (SSSR count). The van der Waals surface area contributed by atoms with Crippen molar-refractivity contribution in [3.8, 4) is 0 Å². The third kappa shape index (κ3) is 154. The van der Waals surface area contributed by atoms with E-state index in [0.717, 1.165) is 6.08 Å². The van der Waals surface area contributed by atoms with Crippen LogP contribution in [0.2, 0.25) is 0 Å². The van der Waals surface area contributed by atoms with Crippen LogP contribution in [0.3, 0.4) is 0 Å². The molecule has 3 N–H and O–H groups in total. The van der Waals surface area contributed by atoms with Crippen molar-refractivity contribution in [3.63, 3.8) is 0 Å². The lowest BCUT2D eigenvalue weighted by Crippen LogP contribution is -1.38. The molecule has 0 aliphatic carbocycles. The molecular weight excluding hydrogens is 98.0 g/mol. The summed E-state index contributed by atoms with van der Waals surface area (Å²) in [7, 11) is 0. The highest BCUT2D eigenvalue weighted by Crippen LogP contribution is 1.27. The van der Waals surface area contributed by atoms with Gasteiger partial charge >= 0.3 is 0 Å². The van der Waals surface area contributed by atoms with Crippen LogP contribution in [-0.2, 0) is 4.79 Å². The topological polar surface area (TPSA) is 97.4 Å². The van der Waals surface area contributed by atoms with Crippen LogP contribution in [0.25, 0.3) is 0 Å². The molecule has 0 aromatic rings. The van der Waals surface area contributed by atoms with E-state index < -0.39 is 0 Å². The van der Waals surface area contributed by atoms with Crippen LogP contribution in [0.5, 0.6) is 0 Å². The summed E-state index contributed by atoms with van der Waals surface area (Å²) in [5, 5.41) is 20.5. The van der Waals surface area contributed by atoms with E-state index in [9.17, 15) is 0 Å². The molecule has 38 valence electrons. The Hall–Kier alpha value is -1.44. The van der Waals surface area contributed by atoms with Gasteiger partial charge in [-0.05, 0) is 5.16 Å². The van der Waals surface area contributed by atoms with Crippen molar-refractivity contribution in [3.05, 3.63) is 0 Å². The van der Waals surface area contributed by atoms with E-state index >= 15 is 0 Å². The molecular formula is C2H3N3O2. The van der Waals surface area contributed by atoms with Gasteiger partial charge in [0.2, 0.25) is 6.08 Å². The van der Waals surface area contributed by atoms with Crippen LogP contribution in [0.1, 0.15) is 0 Å². The number of hydrogen-bond donors (Lipinski definition) is 3. The van der Waals surface area contributed by atoms with Gasteiger partial charge in [-0.3, -0.25) is 0 Å². The summed E-state index contributed by atoms with van der Waals surface area (Å²) in [4.78, 5) is 8.35. The van der Waals surface area contributed by atoms with E-state index in [4.69, 9.17) is 20.8 Å². The zero-order valence-corrected chi connectivity index (χ0v) is 3.30. The van der Waals surface area contributed by atoms with Gasteiger partial charge in [-0.25, -0.2) is 15.6 Å². The second-order valence-electron chi connectivity index (χ2n) is 0.314. The van der Waals surface area contributed by atoms with Crippen molar-refractivity contribution in [1.29, 1.82) is 10.8 Å². The van der Waals surface area contributed by atoms with E-state index in [2.05, 4.69) is 5.16 Å². The number of carbonyl (C=O) groups excluding carboxylic acids is 1. The van der Waals surface area contributed by atoms with Crippen molar-refractivity contribution >= 4 is 12.1 Å². The highest BCUT2D eigenvalue weighted by atomic mass is 16.4. The molecule has 0 spiro atoms. The standard InChI is InChI=1S/CH2N2O.CHNO/c2-1-3-4;2-1-3/h2,4H;2H. The summed E-state index contributed by atoms with van der Waals surface area (Å²) in [6.07, 6.45) is 0.750. The van der Waals surface area contributed by atoms with Crippen molar-refractivity contribution in [2.24, 2.45) is 5.16 Å². The van der Waals surface area contributed by atoms with Crippen molar-refractivity contribution in [1.82, 2.24) is 0 Å². The maximum atomic E-state index is 8.35. The van der Waals surface area contributed by atoms with Gasteiger partial charge in [0.05, 0.1) is 0 Å². The molecule has 0 amide bonds. The summed E-state index contributed by atoms with van der Waals surface area (Å²) in [5.74, 6) is 0. The molecule has 0 heterocycles. The van der Waals surface area contributed by atoms with Gasteiger partial charge in [-0.15, -0.1) is 0 Å². The minimum absolute atomic E-state index is 0.750. The van der Waals surface area contributed by atoms with Crippen LogP contribution < -0.4 is 0 Å². The Morgan fingerprint density at radius 1 is 1.57 bits per heavy atom. The lowest BCUT2D eigenvalue weighted by Gasteiger charge is -1.43.